The van der Waals surface area contributed by atoms with Crippen molar-refractivity contribution in [3.63, 3.8) is 0 Å². The van der Waals surface area contributed by atoms with Crippen LogP contribution in [0.2, 0.25) is 0 Å². The van der Waals surface area contributed by atoms with Crippen LogP contribution in [0.4, 0.5) is 5.69 Å². The van der Waals surface area contributed by atoms with Gasteiger partial charge in [-0.05, 0) is 6.42 Å². The molecule has 0 aliphatic heterocycles. The van der Waals surface area contributed by atoms with E-state index in [1.54, 1.807) is 0 Å². The number of benzene rings is 1. The van der Waals surface area contributed by atoms with Gasteiger partial charge in [0.25, 0.3) is 0 Å². The van der Waals surface area contributed by atoms with Crippen LogP contribution in [0.15, 0.2) is 12.1 Å². The van der Waals surface area contributed by atoms with Gasteiger partial charge in [-0.15, -0.1) is 0 Å². The lowest BCUT2D eigenvalue weighted by molar-refractivity contribution is 0.0697. The predicted octanol–water partition coefficient (Wildman–Crippen LogP) is 2.93. The largest absolute Gasteiger partial charge is 0.493 e. The quantitative estimate of drug-likeness (QED) is 0.559. The first-order valence-electron chi connectivity index (χ1n) is 6.43. The van der Waals surface area contributed by atoms with Gasteiger partial charge in [0.2, 0.25) is 0 Å². The van der Waals surface area contributed by atoms with Crippen molar-refractivity contribution in [2.45, 2.75) is 32.6 Å². The molecule has 1 rings (SSSR count). The summed E-state index contributed by atoms with van der Waals surface area (Å²) in [6, 6.07) is 2.89. The Hall–Kier alpha value is -1.91. The zero-order chi connectivity index (χ0) is 14.3. The van der Waals surface area contributed by atoms with Gasteiger partial charge in [-0.25, -0.2) is 4.79 Å². The predicted molar refractivity (Wildman–Crippen MR) is 74.0 cm³/mol. The fourth-order valence-electron chi connectivity index (χ4n) is 1.74. The summed E-state index contributed by atoms with van der Waals surface area (Å²) in [7, 11) is 1.50. The number of aromatic carboxylic acids is 1. The van der Waals surface area contributed by atoms with E-state index in [2.05, 4.69) is 6.92 Å². The number of carboxylic acid groups (broad SMARTS) is 1. The first-order chi connectivity index (χ1) is 9.10. The number of rotatable bonds is 8. The van der Waals surface area contributed by atoms with Gasteiger partial charge < -0.3 is 20.3 Å². The molecule has 0 atom stereocenters. The average Bonchev–Trinajstić information content (AvgIpc) is 2.39. The van der Waals surface area contributed by atoms with E-state index in [1.165, 1.54) is 25.7 Å². The number of carbonyl (C=O) groups is 1. The van der Waals surface area contributed by atoms with Crippen LogP contribution in [0, 0.1) is 0 Å². The molecule has 0 heterocycles. The molecule has 3 N–H and O–H groups in total. The highest BCUT2D eigenvalue weighted by Gasteiger charge is 2.14. The molecule has 0 spiro atoms. The molecule has 106 valence electrons. The van der Waals surface area contributed by atoms with Crippen molar-refractivity contribution in [3.8, 4) is 11.5 Å². The Morgan fingerprint density at radius 2 is 2.00 bits per heavy atom. The number of hydrogen-bond acceptors (Lipinski definition) is 4. The van der Waals surface area contributed by atoms with Crippen LogP contribution in [-0.2, 0) is 0 Å². The molecular formula is C14H21NO4. The van der Waals surface area contributed by atoms with Gasteiger partial charge >= 0.3 is 5.97 Å². The van der Waals surface area contributed by atoms with E-state index in [0.717, 1.165) is 19.3 Å². The lowest BCUT2D eigenvalue weighted by atomic mass is 10.1. The summed E-state index contributed by atoms with van der Waals surface area (Å²) >= 11 is 0. The molecule has 0 aromatic heterocycles. The Balaban J connectivity index is 2.74. The Labute approximate surface area is 113 Å². The average molecular weight is 267 g/mol. The molecule has 5 heteroatoms. The zero-order valence-corrected chi connectivity index (χ0v) is 11.4. The third-order valence-electron chi connectivity index (χ3n) is 2.82. The highest BCUT2D eigenvalue weighted by atomic mass is 16.5. The topological polar surface area (TPSA) is 81.8 Å². The van der Waals surface area contributed by atoms with Crippen LogP contribution < -0.4 is 15.2 Å². The summed E-state index contributed by atoms with van der Waals surface area (Å²) in [5.41, 5.74) is 5.85. The summed E-state index contributed by atoms with van der Waals surface area (Å²) in [4.78, 5) is 11.0. The third kappa shape index (κ3) is 4.35. The number of anilines is 1. The molecule has 0 amide bonds. The van der Waals surface area contributed by atoms with Crippen LogP contribution >= 0.6 is 0 Å². The van der Waals surface area contributed by atoms with Crippen LogP contribution in [-0.4, -0.2) is 24.8 Å². The van der Waals surface area contributed by atoms with Crippen LogP contribution in [0.25, 0.3) is 0 Å². The molecule has 0 aliphatic rings. The number of methoxy groups -OCH3 is 1. The molecule has 0 unspecified atom stereocenters. The van der Waals surface area contributed by atoms with Crippen molar-refractivity contribution in [1.82, 2.24) is 0 Å². The zero-order valence-electron chi connectivity index (χ0n) is 11.4. The number of ether oxygens (including phenoxy) is 2. The molecule has 1 aromatic carbocycles. The Morgan fingerprint density at radius 3 is 2.58 bits per heavy atom. The van der Waals surface area contributed by atoms with E-state index in [4.69, 9.17) is 20.3 Å². The van der Waals surface area contributed by atoms with E-state index in [0.29, 0.717) is 18.1 Å². The minimum atomic E-state index is -1.07. The Bertz CT molecular complexity index is 432. The molecule has 0 saturated carbocycles. The van der Waals surface area contributed by atoms with Crippen molar-refractivity contribution in [1.29, 1.82) is 0 Å². The van der Waals surface area contributed by atoms with Crippen LogP contribution in [0.3, 0.4) is 0 Å². The minimum absolute atomic E-state index is 0.0318. The number of nitrogen functional groups attached to an aromatic ring is 1. The van der Waals surface area contributed by atoms with Gasteiger partial charge in [0, 0.05) is 12.1 Å². The van der Waals surface area contributed by atoms with Crippen molar-refractivity contribution in [2.75, 3.05) is 19.5 Å². The molecular weight excluding hydrogens is 246 g/mol. The molecule has 1 aromatic rings. The van der Waals surface area contributed by atoms with Crippen molar-refractivity contribution < 1.29 is 19.4 Å². The Morgan fingerprint density at radius 1 is 1.26 bits per heavy atom. The molecule has 0 fully saturated rings. The molecule has 0 radical (unpaired) electrons. The highest BCUT2D eigenvalue weighted by molar-refractivity contribution is 5.94. The van der Waals surface area contributed by atoms with Gasteiger partial charge in [0.15, 0.2) is 11.5 Å². The van der Waals surface area contributed by atoms with E-state index in [9.17, 15) is 4.79 Å². The second-order valence-corrected chi connectivity index (χ2v) is 4.30. The van der Waals surface area contributed by atoms with Gasteiger partial charge in [-0.3, -0.25) is 0 Å². The summed E-state index contributed by atoms with van der Waals surface area (Å²) in [6.45, 7) is 2.68. The smallest absolute Gasteiger partial charge is 0.337 e. The third-order valence-corrected chi connectivity index (χ3v) is 2.82. The maximum Gasteiger partial charge on any atom is 0.337 e. The molecule has 5 nitrogen and oxygen atoms in total. The normalized spacial score (nSPS) is 10.2. The number of hydrogen-bond donors (Lipinski definition) is 2. The van der Waals surface area contributed by atoms with E-state index >= 15 is 0 Å². The minimum Gasteiger partial charge on any atom is -0.493 e. The van der Waals surface area contributed by atoms with E-state index in [-0.39, 0.29) is 11.3 Å². The van der Waals surface area contributed by atoms with Gasteiger partial charge in [-0.1, -0.05) is 26.2 Å². The molecule has 0 aliphatic carbocycles. The SMILES string of the molecule is CCCCCCOc1cc(C(=O)O)c(N)cc1OC. The van der Waals surface area contributed by atoms with E-state index < -0.39 is 5.97 Å². The second kappa shape index (κ2) is 7.51. The molecule has 0 saturated heterocycles. The monoisotopic (exact) mass is 267 g/mol. The van der Waals surface area contributed by atoms with Crippen molar-refractivity contribution in [3.05, 3.63) is 17.7 Å². The maximum atomic E-state index is 11.0. The highest BCUT2D eigenvalue weighted by Crippen LogP contribution is 2.32. The molecule has 0 bridgehead atoms. The fraction of sp³-hybridized carbons (Fsp3) is 0.500. The standard InChI is InChI=1S/C14H21NO4/c1-3-4-5-6-7-19-13-8-10(14(16)17)11(15)9-12(13)18-2/h8-9H,3-7,15H2,1-2H3,(H,16,17). The van der Waals surface area contributed by atoms with Crippen LogP contribution in [0.1, 0.15) is 43.0 Å². The van der Waals surface area contributed by atoms with Crippen LogP contribution in [0.5, 0.6) is 11.5 Å². The second-order valence-electron chi connectivity index (χ2n) is 4.30. The first kappa shape index (κ1) is 15.1. The first-order valence-corrected chi connectivity index (χ1v) is 6.43. The number of carboxylic acids is 1. The van der Waals surface area contributed by atoms with Gasteiger partial charge in [0.05, 0.1) is 25.0 Å². The molecule has 19 heavy (non-hydrogen) atoms. The summed E-state index contributed by atoms with van der Waals surface area (Å²) < 4.78 is 10.7. The summed E-state index contributed by atoms with van der Waals surface area (Å²) in [5, 5.41) is 9.02. The number of unbranched alkanes of at least 4 members (excludes halogenated alkanes) is 3. The summed E-state index contributed by atoms with van der Waals surface area (Å²) in [5.74, 6) is -0.195. The van der Waals surface area contributed by atoms with Gasteiger partial charge in [0.1, 0.15) is 0 Å². The maximum absolute atomic E-state index is 11.0. The summed E-state index contributed by atoms with van der Waals surface area (Å²) in [6.07, 6.45) is 4.36. The number of nitrogens with two attached hydrogens (primary N) is 1. The van der Waals surface area contributed by atoms with E-state index in [1.807, 2.05) is 0 Å². The fourth-order valence-corrected chi connectivity index (χ4v) is 1.74. The lowest BCUT2D eigenvalue weighted by Crippen LogP contribution is -2.06. The Kier molecular flexibility index (Phi) is 5.99. The van der Waals surface area contributed by atoms with Gasteiger partial charge in [-0.2, -0.15) is 0 Å². The lowest BCUT2D eigenvalue weighted by Gasteiger charge is -2.12. The van der Waals surface area contributed by atoms with Crippen molar-refractivity contribution >= 4 is 11.7 Å². The van der Waals surface area contributed by atoms with Crippen molar-refractivity contribution in [2.24, 2.45) is 0 Å².